The molecular formula is C12H21Cl3N2O. The van der Waals surface area contributed by atoms with Crippen LogP contribution in [-0.4, -0.2) is 46.5 Å². The molecule has 0 radical (unpaired) electrons. The molecule has 2 fully saturated rings. The number of alkyl halides is 3. The van der Waals surface area contributed by atoms with Crippen LogP contribution in [0.1, 0.15) is 19.3 Å². The summed E-state index contributed by atoms with van der Waals surface area (Å²) in [4.78, 5) is 0. The lowest BCUT2D eigenvalue weighted by molar-refractivity contribution is 0.0453. The lowest BCUT2D eigenvalue weighted by Crippen LogP contribution is -2.56. The van der Waals surface area contributed by atoms with Gasteiger partial charge in [-0.1, -0.05) is 0 Å². The molecule has 2 rings (SSSR count). The van der Waals surface area contributed by atoms with Crippen molar-refractivity contribution in [2.45, 2.75) is 47.5 Å². The van der Waals surface area contributed by atoms with Crippen molar-refractivity contribution in [1.82, 2.24) is 5.32 Å². The SMILES string of the molecule is N[C@H](C1CCNCC1)C1C(O)CC(Cl)C(Cl)C1Cl. The Morgan fingerprint density at radius 1 is 1.11 bits per heavy atom. The maximum absolute atomic E-state index is 10.2. The van der Waals surface area contributed by atoms with Crippen LogP contribution in [0.2, 0.25) is 0 Å². The molecule has 6 atom stereocenters. The molecule has 0 amide bonds. The van der Waals surface area contributed by atoms with Gasteiger partial charge in [0.15, 0.2) is 0 Å². The Balaban J connectivity index is 2.05. The molecule has 3 nitrogen and oxygen atoms in total. The molecule has 5 unspecified atom stereocenters. The molecule has 1 saturated heterocycles. The summed E-state index contributed by atoms with van der Waals surface area (Å²) < 4.78 is 0. The number of aliphatic hydroxyl groups excluding tert-OH is 1. The molecule has 1 heterocycles. The summed E-state index contributed by atoms with van der Waals surface area (Å²) in [6.45, 7) is 1.97. The lowest BCUT2D eigenvalue weighted by atomic mass is 9.74. The van der Waals surface area contributed by atoms with Crippen LogP contribution in [0.25, 0.3) is 0 Å². The number of hydrogen-bond donors (Lipinski definition) is 3. The van der Waals surface area contributed by atoms with Gasteiger partial charge >= 0.3 is 0 Å². The molecule has 106 valence electrons. The maximum atomic E-state index is 10.2. The Morgan fingerprint density at radius 3 is 2.33 bits per heavy atom. The molecule has 1 aliphatic carbocycles. The van der Waals surface area contributed by atoms with E-state index in [1.54, 1.807) is 0 Å². The van der Waals surface area contributed by atoms with E-state index in [0.29, 0.717) is 12.3 Å². The second kappa shape index (κ2) is 6.47. The fourth-order valence-corrected chi connectivity index (χ4v) is 4.35. The number of hydrogen-bond acceptors (Lipinski definition) is 3. The first-order chi connectivity index (χ1) is 8.52. The Morgan fingerprint density at radius 2 is 1.72 bits per heavy atom. The van der Waals surface area contributed by atoms with Crippen LogP contribution in [0.4, 0.5) is 0 Å². The second-order valence-electron chi connectivity index (χ2n) is 5.45. The first-order valence-corrected chi connectivity index (χ1v) is 7.90. The first kappa shape index (κ1) is 15.1. The summed E-state index contributed by atoms with van der Waals surface area (Å²) in [5.41, 5.74) is 6.34. The lowest BCUT2D eigenvalue weighted by Gasteiger charge is -2.44. The third kappa shape index (κ3) is 3.08. The van der Waals surface area contributed by atoms with Crippen LogP contribution >= 0.6 is 34.8 Å². The molecular weight excluding hydrogens is 295 g/mol. The fraction of sp³-hybridized carbons (Fsp3) is 1.00. The zero-order valence-electron chi connectivity index (χ0n) is 10.2. The Labute approximate surface area is 123 Å². The van der Waals surface area contributed by atoms with Crippen LogP contribution in [0.15, 0.2) is 0 Å². The summed E-state index contributed by atoms with van der Waals surface area (Å²) in [5, 5.41) is 12.6. The van der Waals surface area contributed by atoms with Gasteiger partial charge in [-0.25, -0.2) is 0 Å². The molecule has 0 bridgehead atoms. The molecule has 0 aromatic heterocycles. The van der Waals surface area contributed by atoms with Crippen LogP contribution in [-0.2, 0) is 0 Å². The first-order valence-electron chi connectivity index (χ1n) is 6.59. The third-order valence-electron chi connectivity index (χ3n) is 4.30. The van der Waals surface area contributed by atoms with Gasteiger partial charge in [0, 0.05) is 12.0 Å². The van der Waals surface area contributed by atoms with Gasteiger partial charge in [0.05, 0.1) is 22.2 Å². The average molecular weight is 316 g/mol. The molecule has 0 spiro atoms. The van der Waals surface area contributed by atoms with Crippen molar-refractivity contribution in [3.05, 3.63) is 0 Å². The fourth-order valence-electron chi connectivity index (χ4n) is 3.15. The molecule has 1 aliphatic heterocycles. The zero-order chi connectivity index (χ0) is 13.3. The largest absolute Gasteiger partial charge is 0.393 e. The molecule has 1 saturated carbocycles. The van der Waals surface area contributed by atoms with Crippen molar-refractivity contribution in [2.75, 3.05) is 13.1 Å². The van der Waals surface area contributed by atoms with Gasteiger partial charge in [0.1, 0.15) is 0 Å². The van der Waals surface area contributed by atoms with Gasteiger partial charge in [0.25, 0.3) is 0 Å². The Hall–Kier alpha value is 0.750. The summed E-state index contributed by atoms with van der Waals surface area (Å²) in [6, 6.07) is -0.102. The highest BCUT2D eigenvalue weighted by Crippen LogP contribution is 2.39. The van der Waals surface area contributed by atoms with Gasteiger partial charge in [-0.2, -0.15) is 0 Å². The monoisotopic (exact) mass is 314 g/mol. The summed E-state index contributed by atoms with van der Waals surface area (Å²) in [6.07, 6.45) is 1.99. The van der Waals surface area contributed by atoms with E-state index in [9.17, 15) is 5.11 Å². The van der Waals surface area contributed by atoms with Gasteiger partial charge < -0.3 is 16.2 Å². The minimum Gasteiger partial charge on any atom is -0.393 e. The number of rotatable bonds is 2. The zero-order valence-corrected chi connectivity index (χ0v) is 12.5. The molecule has 18 heavy (non-hydrogen) atoms. The average Bonchev–Trinajstić information content (AvgIpc) is 2.37. The number of nitrogens with one attached hydrogen (secondary N) is 1. The van der Waals surface area contributed by atoms with E-state index in [2.05, 4.69) is 5.32 Å². The van der Waals surface area contributed by atoms with E-state index in [1.165, 1.54) is 0 Å². The van der Waals surface area contributed by atoms with Crippen LogP contribution in [0.5, 0.6) is 0 Å². The number of nitrogens with two attached hydrogens (primary N) is 1. The Bertz CT molecular complexity index is 276. The van der Waals surface area contributed by atoms with Gasteiger partial charge in [-0.05, 0) is 38.3 Å². The van der Waals surface area contributed by atoms with Crippen molar-refractivity contribution in [2.24, 2.45) is 17.6 Å². The molecule has 2 aliphatic rings. The minimum atomic E-state index is -0.546. The molecule has 0 aromatic carbocycles. The van der Waals surface area contributed by atoms with E-state index in [-0.39, 0.29) is 28.1 Å². The number of aliphatic hydroxyl groups is 1. The third-order valence-corrected chi connectivity index (χ3v) is 6.15. The van der Waals surface area contributed by atoms with Crippen LogP contribution < -0.4 is 11.1 Å². The topological polar surface area (TPSA) is 58.3 Å². The van der Waals surface area contributed by atoms with Gasteiger partial charge in [-0.3, -0.25) is 0 Å². The number of halogens is 3. The second-order valence-corrected chi connectivity index (χ2v) is 7.02. The van der Waals surface area contributed by atoms with E-state index >= 15 is 0 Å². The van der Waals surface area contributed by atoms with Crippen molar-refractivity contribution < 1.29 is 5.11 Å². The van der Waals surface area contributed by atoms with Crippen molar-refractivity contribution in [3.63, 3.8) is 0 Å². The Kier molecular flexibility index (Phi) is 5.44. The highest BCUT2D eigenvalue weighted by atomic mass is 35.5. The van der Waals surface area contributed by atoms with E-state index < -0.39 is 6.10 Å². The summed E-state index contributed by atoms with van der Waals surface area (Å²) in [5.74, 6) is 0.246. The highest BCUT2D eigenvalue weighted by molar-refractivity contribution is 6.35. The maximum Gasteiger partial charge on any atom is 0.0668 e. The molecule has 4 N–H and O–H groups in total. The van der Waals surface area contributed by atoms with Crippen LogP contribution in [0.3, 0.4) is 0 Å². The number of piperidine rings is 1. The molecule has 6 heteroatoms. The van der Waals surface area contributed by atoms with Crippen molar-refractivity contribution >= 4 is 34.8 Å². The van der Waals surface area contributed by atoms with Gasteiger partial charge in [0.2, 0.25) is 0 Å². The summed E-state index contributed by atoms with van der Waals surface area (Å²) >= 11 is 18.7. The summed E-state index contributed by atoms with van der Waals surface area (Å²) in [7, 11) is 0. The minimum absolute atomic E-state index is 0.102. The smallest absolute Gasteiger partial charge is 0.0668 e. The van der Waals surface area contributed by atoms with Gasteiger partial charge in [-0.15, -0.1) is 34.8 Å². The van der Waals surface area contributed by atoms with E-state index in [0.717, 1.165) is 25.9 Å². The predicted molar refractivity (Wildman–Crippen MR) is 76.6 cm³/mol. The van der Waals surface area contributed by atoms with Crippen LogP contribution in [0, 0.1) is 11.8 Å². The van der Waals surface area contributed by atoms with E-state index in [1.807, 2.05) is 0 Å². The highest BCUT2D eigenvalue weighted by Gasteiger charge is 2.46. The standard InChI is InChI=1S/C12H21Cl3N2O/c13-7-5-8(18)9(11(15)10(7)14)12(16)6-1-3-17-4-2-6/h6-12,17-18H,1-5,16H2/t7?,8?,9?,10?,11?,12-/m1/s1. The molecule has 0 aromatic rings. The van der Waals surface area contributed by atoms with E-state index in [4.69, 9.17) is 40.5 Å². The quantitative estimate of drug-likeness (QED) is 0.677. The van der Waals surface area contributed by atoms with Crippen molar-refractivity contribution in [3.8, 4) is 0 Å². The predicted octanol–water partition coefficient (Wildman–Crippen LogP) is 1.52. The van der Waals surface area contributed by atoms with Crippen molar-refractivity contribution in [1.29, 1.82) is 0 Å². The normalized spacial score (nSPS) is 44.8.